The molecule has 0 saturated heterocycles. The SMILES string of the molecule is CC(C)Cn1cnc(S(=O)(=O)NC2CC(N(CC(=O)O)CC3CC3)C2)c1. The van der Waals surface area contributed by atoms with Crippen LogP contribution in [-0.2, 0) is 21.4 Å². The van der Waals surface area contributed by atoms with Crippen LogP contribution in [0.5, 0.6) is 0 Å². The Morgan fingerprint density at radius 1 is 1.42 bits per heavy atom. The molecule has 0 spiro atoms. The number of imidazole rings is 1. The van der Waals surface area contributed by atoms with Crippen LogP contribution < -0.4 is 4.72 Å². The van der Waals surface area contributed by atoms with Crippen molar-refractivity contribution in [2.24, 2.45) is 11.8 Å². The second kappa shape index (κ2) is 7.66. The highest BCUT2D eigenvalue weighted by Gasteiger charge is 2.39. The summed E-state index contributed by atoms with van der Waals surface area (Å²) in [6.45, 7) is 5.67. The molecule has 0 atom stereocenters. The molecule has 3 rings (SSSR count). The summed E-state index contributed by atoms with van der Waals surface area (Å²) in [5.74, 6) is 0.187. The lowest BCUT2D eigenvalue weighted by Crippen LogP contribution is -2.55. The largest absolute Gasteiger partial charge is 0.480 e. The maximum absolute atomic E-state index is 12.5. The molecule has 0 amide bonds. The Bertz CT molecular complexity index is 736. The van der Waals surface area contributed by atoms with E-state index in [0.717, 1.165) is 25.9 Å². The highest BCUT2D eigenvalue weighted by Crippen LogP contribution is 2.34. The number of carboxylic acid groups (broad SMARTS) is 1. The van der Waals surface area contributed by atoms with Crippen LogP contribution in [0, 0.1) is 11.8 Å². The number of hydrogen-bond acceptors (Lipinski definition) is 5. The molecule has 8 nitrogen and oxygen atoms in total. The zero-order chi connectivity index (χ0) is 18.9. The number of carbonyl (C=O) groups is 1. The zero-order valence-corrected chi connectivity index (χ0v) is 16.2. The van der Waals surface area contributed by atoms with Gasteiger partial charge in [-0.15, -0.1) is 0 Å². The van der Waals surface area contributed by atoms with Crippen molar-refractivity contribution < 1.29 is 18.3 Å². The first-order chi connectivity index (χ1) is 12.2. The molecular formula is C17H28N4O4S. The molecule has 0 radical (unpaired) electrons. The fourth-order valence-electron chi connectivity index (χ4n) is 3.41. The normalized spacial score (nSPS) is 23.4. The summed E-state index contributed by atoms with van der Waals surface area (Å²) in [5.41, 5.74) is 0. The fraction of sp³-hybridized carbons (Fsp3) is 0.765. The van der Waals surface area contributed by atoms with Crippen LogP contribution in [0.2, 0.25) is 0 Å². The van der Waals surface area contributed by atoms with Gasteiger partial charge in [0.2, 0.25) is 0 Å². The number of rotatable bonds is 10. The molecule has 2 aliphatic rings. The topological polar surface area (TPSA) is 105 Å². The lowest BCUT2D eigenvalue weighted by molar-refractivity contribution is -0.139. The Morgan fingerprint density at radius 2 is 2.12 bits per heavy atom. The van der Waals surface area contributed by atoms with Crippen molar-refractivity contribution in [3.63, 3.8) is 0 Å². The summed E-state index contributed by atoms with van der Waals surface area (Å²) >= 11 is 0. The number of carboxylic acids is 1. The molecule has 2 saturated carbocycles. The molecule has 0 bridgehead atoms. The van der Waals surface area contributed by atoms with E-state index >= 15 is 0 Å². The third kappa shape index (κ3) is 5.05. The van der Waals surface area contributed by atoms with Crippen molar-refractivity contribution in [1.82, 2.24) is 19.2 Å². The van der Waals surface area contributed by atoms with Crippen molar-refractivity contribution >= 4 is 16.0 Å². The minimum Gasteiger partial charge on any atom is -0.480 e. The number of nitrogens with one attached hydrogen (secondary N) is 1. The Morgan fingerprint density at radius 3 is 2.69 bits per heavy atom. The standard InChI is InChI=1S/C17H28N4O4S/c1-12(2)7-20-9-16(18-11-20)26(24,25)19-14-5-15(6-14)21(10-17(22)23)8-13-3-4-13/h9,11-15,19H,3-8,10H2,1-2H3,(H,22,23). The fourth-order valence-corrected chi connectivity index (χ4v) is 4.62. The van der Waals surface area contributed by atoms with Gasteiger partial charge in [-0.25, -0.2) is 18.1 Å². The zero-order valence-electron chi connectivity index (χ0n) is 15.3. The minimum absolute atomic E-state index is 0.0280. The lowest BCUT2D eigenvalue weighted by Gasteiger charge is -2.42. The molecule has 2 N–H and O–H groups in total. The number of aromatic nitrogens is 2. The first kappa shape index (κ1) is 19.3. The molecule has 0 unspecified atom stereocenters. The van der Waals surface area contributed by atoms with Crippen molar-refractivity contribution in [1.29, 1.82) is 0 Å². The highest BCUT2D eigenvalue weighted by atomic mass is 32.2. The van der Waals surface area contributed by atoms with Crippen LogP contribution in [0.3, 0.4) is 0 Å². The van der Waals surface area contributed by atoms with E-state index in [2.05, 4.69) is 23.6 Å². The number of aliphatic carboxylic acids is 1. The van der Waals surface area contributed by atoms with Crippen LogP contribution in [0.15, 0.2) is 17.6 Å². The van der Waals surface area contributed by atoms with E-state index in [1.54, 1.807) is 17.1 Å². The molecule has 1 heterocycles. The molecule has 146 valence electrons. The van der Waals surface area contributed by atoms with Gasteiger partial charge in [-0.3, -0.25) is 9.69 Å². The summed E-state index contributed by atoms with van der Waals surface area (Å²) in [5, 5.41) is 9.13. The summed E-state index contributed by atoms with van der Waals surface area (Å²) in [6.07, 6.45) is 6.72. The van der Waals surface area contributed by atoms with E-state index in [4.69, 9.17) is 5.11 Å². The first-order valence-corrected chi connectivity index (χ1v) is 10.7. The van der Waals surface area contributed by atoms with E-state index < -0.39 is 16.0 Å². The second-order valence-corrected chi connectivity index (χ2v) is 9.67. The van der Waals surface area contributed by atoms with Crippen molar-refractivity contribution in [2.45, 2.75) is 63.2 Å². The molecule has 2 aliphatic carbocycles. The maximum atomic E-state index is 12.5. The Balaban J connectivity index is 1.53. The summed E-state index contributed by atoms with van der Waals surface area (Å²) < 4.78 is 29.5. The van der Waals surface area contributed by atoms with Gasteiger partial charge >= 0.3 is 5.97 Å². The minimum atomic E-state index is -3.64. The van der Waals surface area contributed by atoms with E-state index in [1.807, 2.05) is 4.90 Å². The van der Waals surface area contributed by atoms with Gasteiger partial charge in [0.05, 0.1) is 12.9 Å². The predicted octanol–water partition coefficient (Wildman–Crippen LogP) is 1.15. The van der Waals surface area contributed by atoms with Gasteiger partial charge in [-0.2, -0.15) is 0 Å². The van der Waals surface area contributed by atoms with Crippen molar-refractivity contribution in [3.05, 3.63) is 12.5 Å². The molecule has 1 aromatic heterocycles. The van der Waals surface area contributed by atoms with Crippen LogP contribution in [-0.4, -0.2) is 59.1 Å². The molecule has 1 aromatic rings. The molecule has 26 heavy (non-hydrogen) atoms. The number of sulfonamides is 1. The monoisotopic (exact) mass is 384 g/mol. The summed E-state index contributed by atoms with van der Waals surface area (Å²) in [4.78, 5) is 17.1. The van der Waals surface area contributed by atoms with E-state index in [0.29, 0.717) is 24.7 Å². The quantitative estimate of drug-likeness (QED) is 0.627. The smallest absolute Gasteiger partial charge is 0.317 e. The highest BCUT2D eigenvalue weighted by molar-refractivity contribution is 7.89. The Hall–Kier alpha value is -1.45. The van der Waals surface area contributed by atoms with Crippen LogP contribution in [0.25, 0.3) is 0 Å². The van der Waals surface area contributed by atoms with Crippen molar-refractivity contribution in [3.8, 4) is 0 Å². The van der Waals surface area contributed by atoms with Gasteiger partial charge < -0.3 is 9.67 Å². The van der Waals surface area contributed by atoms with Crippen molar-refractivity contribution in [2.75, 3.05) is 13.1 Å². The van der Waals surface area contributed by atoms with Crippen LogP contribution in [0.1, 0.15) is 39.5 Å². The third-order valence-electron chi connectivity index (χ3n) is 4.94. The second-order valence-electron chi connectivity index (χ2n) is 8.01. The van der Waals surface area contributed by atoms with Gasteiger partial charge in [-0.05, 0) is 37.5 Å². The molecule has 0 aliphatic heterocycles. The van der Waals surface area contributed by atoms with Gasteiger partial charge in [-0.1, -0.05) is 13.8 Å². The predicted molar refractivity (Wildman–Crippen MR) is 96.1 cm³/mol. The van der Waals surface area contributed by atoms with Crippen LogP contribution >= 0.6 is 0 Å². The molecule has 2 fully saturated rings. The molecule has 9 heteroatoms. The van der Waals surface area contributed by atoms with Gasteiger partial charge in [0, 0.05) is 31.4 Å². The van der Waals surface area contributed by atoms with E-state index in [9.17, 15) is 13.2 Å². The van der Waals surface area contributed by atoms with Crippen LogP contribution in [0.4, 0.5) is 0 Å². The lowest BCUT2D eigenvalue weighted by atomic mass is 9.86. The Kier molecular flexibility index (Phi) is 5.69. The average Bonchev–Trinajstić information content (AvgIpc) is 3.16. The van der Waals surface area contributed by atoms with Gasteiger partial charge in [0.15, 0.2) is 5.03 Å². The van der Waals surface area contributed by atoms with E-state index in [-0.39, 0.29) is 23.7 Å². The van der Waals surface area contributed by atoms with E-state index in [1.165, 1.54) is 0 Å². The first-order valence-electron chi connectivity index (χ1n) is 9.23. The average molecular weight is 385 g/mol. The molecular weight excluding hydrogens is 356 g/mol. The number of hydrogen-bond donors (Lipinski definition) is 2. The summed E-state index contributed by atoms with van der Waals surface area (Å²) in [7, 11) is -3.64. The Labute approximate surface area is 154 Å². The summed E-state index contributed by atoms with van der Waals surface area (Å²) in [6, 6.07) is -0.0198. The third-order valence-corrected chi connectivity index (χ3v) is 6.35. The van der Waals surface area contributed by atoms with Gasteiger partial charge in [0.25, 0.3) is 10.0 Å². The number of nitrogens with zero attached hydrogens (tertiary/aromatic N) is 3. The maximum Gasteiger partial charge on any atom is 0.317 e. The molecule has 0 aromatic carbocycles. The van der Waals surface area contributed by atoms with Gasteiger partial charge in [0.1, 0.15) is 0 Å².